The van der Waals surface area contributed by atoms with Crippen LogP contribution in [0.1, 0.15) is 16.7 Å². The molecule has 0 aromatic heterocycles. The molecule has 0 spiro atoms. The van der Waals surface area contributed by atoms with Gasteiger partial charge in [0.1, 0.15) is 0 Å². The highest BCUT2D eigenvalue weighted by molar-refractivity contribution is 5.93. The van der Waals surface area contributed by atoms with Gasteiger partial charge in [-0.1, -0.05) is 35.9 Å². The first-order valence-corrected chi connectivity index (χ1v) is 6.73. The van der Waals surface area contributed by atoms with Crippen molar-refractivity contribution in [2.24, 2.45) is 0 Å². The maximum absolute atomic E-state index is 11.9. The van der Waals surface area contributed by atoms with E-state index in [-0.39, 0.29) is 12.5 Å². The average Bonchev–Trinajstić information content (AvgIpc) is 2.41. The molecule has 0 fully saturated rings. The van der Waals surface area contributed by atoms with Crippen molar-refractivity contribution in [2.75, 3.05) is 17.2 Å². The van der Waals surface area contributed by atoms with Crippen molar-refractivity contribution < 1.29 is 4.79 Å². The van der Waals surface area contributed by atoms with Gasteiger partial charge in [0, 0.05) is 11.4 Å². The second-order valence-corrected chi connectivity index (χ2v) is 5.03. The van der Waals surface area contributed by atoms with E-state index < -0.39 is 0 Å². The van der Waals surface area contributed by atoms with Crippen LogP contribution in [0.4, 0.5) is 11.4 Å². The Bertz CT molecular complexity index is 583. The van der Waals surface area contributed by atoms with Crippen molar-refractivity contribution >= 4 is 17.3 Å². The van der Waals surface area contributed by atoms with Crippen LogP contribution in [-0.2, 0) is 4.79 Å². The third-order valence-electron chi connectivity index (χ3n) is 3.24. The van der Waals surface area contributed by atoms with Gasteiger partial charge in [-0.2, -0.15) is 0 Å². The predicted octanol–water partition coefficient (Wildman–Crippen LogP) is 3.66. The molecule has 0 unspecified atom stereocenters. The first kappa shape index (κ1) is 14.1. The van der Waals surface area contributed by atoms with Gasteiger partial charge in [0.15, 0.2) is 0 Å². The lowest BCUT2D eigenvalue weighted by Crippen LogP contribution is -2.22. The van der Waals surface area contributed by atoms with Crippen LogP contribution in [0.15, 0.2) is 42.5 Å². The van der Waals surface area contributed by atoms with Crippen LogP contribution in [0.5, 0.6) is 0 Å². The molecule has 3 heteroatoms. The lowest BCUT2D eigenvalue weighted by Gasteiger charge is -2.12. The van der Waals surface area contributed by atoms with Crippen molar-refractivity contribution in [3.8, 4) is 0 Å². The third-order valence-corrected chi connectivity index (χ3v) is 3.24. The number of hydrogen-bond acceptors (Lipinski definition) is 2. The molecule has 0 aliphatic heterocycles. The summed E-state index contributed by atoms with van der Waals surface area (Å²) in [4.78, 5) is 11.9. The molecule has 0 heterocycles. The first-order chi connectivity index (χ1) is 9.56. The number of aryl methyl sites for hydroxylation is 3. The molecule has 2 aromatic rings. The summed E-state index contributed by atoms with van der Waals surface area (Å²) in [5, 5.41) is 6.08. The van der Waals surface area contributed by atoms with Crippen molar-refractivity contribution in [1.82, 2.24) is 0 Å². The van der Waals surface area contributed by atoms with Crippen molar-refractivity contribution in [3.05, 3.63) is 59.2 Å². The Hall–Kier alpha value is -2.29. The fourth-order valence-electron chi connectivity index (χ4n) is 2.10. The molecule has 2 rings (SSSR count). The first-order valence-electron chi connectivity index (χ1n) is 6.73. The molecular formula is C17H20N2O. The van der Waals surface area contributed by atoms with Gasteiger partial charge in [0.05, 0.1) is 6.54 Å². The highest BCUT2D eigenvalue weighted by Gasteiger charge is 2.05. The Kier molecular flexibility index (Phi) is 4.41. The quantitative estimate of drug-likeness (QED) is 0.888. The fraction of sp³-hybridized carbons (Fsp3) is 0.235. The molecule has 0 aliphatic carbocycles. The predicted molar refractivity (Wildman–Crippen MR) is 84.2 cm³/mol. The van der Waals surface area contributed by atoms with E-state index in [1.807, 2.05) is 63.2 Å². The summed E-state index contributed by atoms with van der Waals surface area (Å²) >= 11 is 0. The molecule has 2 N–H and O–H groups in total. The Morgan fingerprint density at radius 1 is 0.950 bits per heavy atom. The fourth-order valence-corrected chi connectivity index (χ4v) is 2.10. The van der Waals surface area contributed by atoms with Gasteiger partial charge in [-0.25, -0.2) is 0 Å². The van der Waals surface area contributed by atoms with E-state index in [9.17, 15) is 4.79 Å². The van der Waals surface area contributed by atoms with E-state index in [0.29, 0.717) is 0 Å². The number of carbonyl (C=O) groups is 1. The van der Waals surface area contributed by atoms with Gasteiger partial charge in [-0.3, -0.25) is 4.79 Å². The molecule has 2 aromatic carbocycles. The maximum atomic E-state index is 11.9. The standard InChI is InChI=1S/C17H20N2O/c1-12-7-9-15(10-8-12)19-16(20)11-18-17-13(2)5-4-6-14(17)3/h4-10,18H,11H2,1-3H3,(H,19,20). The molecular weight excluding hydrogens is 248 g/mol. The van der Waals surface area contributed by atoms with E-state index in [4.69, 9.17) is 0 Å². The number of nitrogens with one attached hydrogen (secondary N) is 2. The van der Waals surface area contributed by atoms with Gasteiger partial charge in [-0.05, 0) is 44.0 Å². The maximum Gasteiger partial charge on any atom is 0.243 e. The topological polar surface area (TPSA) is 41.1 Å². The number of para-hydroxylation sites is 1. The molecule has 0 bridgehead atoms. The zero-order valence-electron chi connectivity index (χ0n) is 12.2. The van der Waals surface area contributed by atoms with Crippen LogP contribution >= 0.6 is 0 Å². The zero-order chi connectivity index (χ0) is 14.5. The van der Waals surface area contributed by atoms with Gasteiger partial charge in [-0.15, -0.1) is 0 Å². The Balaban J connectivity index is 1.94. The van der Waals surface area contributed by atoms with Crippen LogP contribution in [0.3, 0.4) is 0 Å². The van der Waals surface area contributed by atoms with E-state index >= 15 is 0 Å². The minimum absolute atomic E-state index is 0.0449. The summed E-state index contributed by atoms with van der Waals surface area (Å²) in [6, 6.07) is 13.9. The highest BCUT2D eigenvalue weighted by Crippen LogP contribution is 2.19. The average molecular weight is 268 g/mol. The second kappa shape index (κ2) is 6.24. The Morgan fingerprint density at radius 2 is 1.55 bits per heavy atom. The monoisotopic (exact) mass is 268 g/mol. The summed E-state index contributed by atoms with van der Waals surface area (Å²) < 4.78 is 0. The SMILES string of the molecule is Cc1ccc(NC(=O)CNc2c(C)cccc2C)cc1. The molecule has 0 atom stereocenters. The van der Waals surface area contributed by atoms with E-state index in [2.05, 4.69) is 10.6 Å². The third kappa shape index (κ3) is 3.60. The largest absolute Gasteiger partial charge is 0.376 e. The van der Waals surface area contributed by atoms with Crippen LogP contribution < -0.4 is 10.6 Å². The van der Waals surface area contributed by atoms with Crippen molar-refractivity contribution in [3.63, 3.8) is 0 Å². The van der Waals surface area contributed by atoms with E-state index in [1.54, 1.807) is 0 Å². The van der Waals surface area contributed by atoms with Crippen LogP contribution in [-0.4, -0.2) is 12.5 Å². The lowest BCUT2D eigenvalue weighted by molar-refractivity contribution is -0.114. The van der Waals surface area contributed by atoms with E-state index in [1.165, 1.54) is 5.56 Å². The van der Waals surface area contributed by atoms with Gasteiger partial charge in [0.2, 0.25) is 5.91 Å². The number of amides is 1. The second-order valence-electron chi connectivity index (χ2n) is 5.03. The number of hydrogen-bond donors (Lipinski definition) is 2. The number of anilines is 2. The summed E-state index contributed by atoms with van der Waals surface area (Å²) in [5.41, 5.74) is 5.33. The molecule has 1 amide bonds. The van der Waals surface area contributed by atoms with Gasteiger partial charge in [0.25, 0.3) is 0 Å². The normalized spacial score (nSPS) is 10.2. The highest BCUT2D eigenvalue weighted by atomic mass is 16.1. The molecule has 20 heavy (non-hydrogen) atoms. The van der Waals surface area contributed by atoms with Gasteiger partial charge >= 0.3 is 0 Å². The van der Waals surface area contributed by atoms with Crippen molar-refractivity contribution in [1.29, 1.82) is 0 Å². The number of rotatable bonds is 4. The van der Waals surface area contributed by atoms with E-state index in [0.717, 1.165) is 22.5 Å². The summed E-state index contributed by atoms with van der Waals surface area (Å²) in [6.07, 6.45) is 0. The molecule has 3 nitrogen and oxygen atoms in total. The minimum atomic E-state index is -0.0449. The minimum Gasteiger partial charge on any atom is -0.376 e. The van der Waals surface area contributed by atoms with Crippen LogP contribution in [0, 0.1) is 20.8 Å². The molecule has 0 aliphatic rings. The zero-order valence-corrected chi connectivity index (χ0v) is 12.2. The van der Waals surface area contributed by atoms with Crippen LogP contribution in [0.25, 0.3) is 0 Å². The summed E-state index contributed by atoms with van der Waals surface area (Å²) in [6.45, 7) is 6.36. The Labute approximate surface area is 120 Å². The smallest absolute Gasteiger partial charge is 0.243 e. The molecule has 0 saturated heterocycles. The molecule has 104 valence electrons. The Morgan fingerprint density at radius 3 is 2.15 bits per heavy atom. The van der Waals surface area contributed by atoms with Crippen molar-refractivity contribution in [2.45, 2.75) is 20.8 Å². The summed E-state index contributed by atoms with van der Waals surface area (Å²) in [5.74, 6) is -0.0449. The lowest BCUT2D eigenvalue weighted by atomic mass is 10.1. The molecule has 0 radical (unpaired) electrons. The number of benzene rings is 2. The summed E-state index contributed by atoms with van der Waals surface area (Å²) in [7, 11) is 0. The number of carbonyl (C=O) groups excluding carboxylic acids is 1. The van der Waals surface area contributed by atoms with Gasteiger partial charge < -0.3 is 10.6 Å². The van der Waals surface area contributed by atoms with Crippen LogP contribution in [0.2, 0.25) is 0 Å². The molecule has 0 saturated carbocycles.